The summed E-state index contributed by atoms with van der Waals surface area (Å²) in [6.07, 6.45) is 3.27. The van der Waals surface area contributed by atoms with Gasteiger partial charge in [-0.25, -0.2) is 0 Å². The van der Waals surface area contributed by atoms with E-state index in [4.69, 9.17) is 9.47 Å². The van der Waals surface area contributed by atoms with Crippen molar-refractivity contribution in [2.45, 2.75) is 45.2 Å². The summed E-state index contributed by atoms with van der Waals surface area (Å²) in [5, 5.41) is 0. The van der Waals surface area contributed by atoms with E-state index in [9.17, 15) is 4.79 Å². The lowest BCUT2D eigenvalue weighted by Gasteiger charge is -2.37. The first-order valence-corrected chi connectivity index (χ1v) is 9.34. The molecule has 144 valence electrons. The third kappa shape index (κ3) is 3.76. The average molecular weight is 363 g/mol. The van der Waals surface area contributed by atoms with Gasteiger partial charge in [-0.2, -0.15) is 9.97 Å². The maximum Gasteiger partial charge on any atom is 0.320 e. The molecule has 26 heavy (non-hydrogen) atoms. The predicted molar refractivity (Wildman–Crippen MR) is 97.1 cm³/mol. The zero-order valence-corrected chi connectivity index (χ0v) is 16.0. The van der Waals surface area contributed by atoms with Crippen molar-refractivity contribution in [1.29, 1.82) is 0 Å². The normalized spacial score (nSPS) is 26.3. The summed E-state index contributed by atoms with van der Waals surface area (Å²) >= 11 is 0. The van der Waals surface area contributed by atoms with Crippen LogP contribution >= 0.6 is 0 Å². The van der Waals surface area contributed by atoms with E-state index in [1.54, 1.807) is 6.07 Å². The van der Waals surface area contributed by atoms with Crippen molar-refractivity contribution in [2.75, 3.05) is 27.3 Å². The number of nitrogens with one attached hydrogen (secondary N) is 2. The lowest BCUT2D eigenvalue weighted by atomic mass is 9.81. The Hall–Kier alpha value is -1.93. The number of carbonyl (C=O) groups excluding carboxylic acids is 1. The Morgan fingerprint density at radius 1 is 1.35 bits per heavy atom. The van der Waals surface area contributed by atoms with E-state index < -0.39 is 0 Å². The molecule has 2 aliphatic rings. The summed E-state index contributed by atoms with van der Waals surface area (Å²) < 4.78 is 10.2. The minimum atomic E-state index is -0.101. The standard InChI is InChI=1S/C18H29N5O3/c1-5-6-11(2)16-12-10-23(8-7-13(12)21-22-16)17(24)14-9-15(25-3)20-18(19-14)26-4/h9,11-13,16,21-22H,5-8,10H2,1-4H3. The maximum atomic E-state index is 13.0. The monoisotopic (exact) mass is 363 g/mol. The molecule has 1 aromatic rings. The molecule has 1 amide bonds. The van der Waals surface area contributed by atoms with Crippen LogP contribution < -0.4 is 20.3 Å². The number of nitrogens with zero attached hydrogens (tertiary/aromatic N) is 3. The predicted octanol–water partition coefficient (Wildman–Crippen LogP) is 1.24. The molecule has 8 nitrogen and oxygen atoms in total. The second-order valence-electron chi connectivity index (χ2n) is 7.17. The highest BCUT2D eigenvalue weighted by Crippen LogP contribution is 2.30. The van der Waals surface area contributed by atoms with Gasteiger partial charge in [-0.15, -0.1) is 0 Å². The van der Waals surface area contributed by atoms with Crippen molar-refractivity contribution in [3.63, 3.8) is 0 Å². The molecule has 0 aliphatic carbocycles. The molecular formula is C18H29N5O3. The average Bonchev–Trinajstić information content (AvgIpc) is 3.10. The minimum absolute atomic E-state index is 0.101. The molecule has 2 aliphatic heterocycles. The lowest BCUT2D eigenvalue weighted by Crippen LogP contribution is -2.49. The second kappa shape index (κ2) is 8.18. The van der Waals surface area contributed by atoms with Crippen LogP contribution in [0, 0.1) is 11.8 Å². The minimum Gasteiger partial charge on any atom is -0.481 e. The van der Waals surface area contributed by atoms with E-state index in [1.165, 1.54) is 27.1 Å². The molecule has 2 fully saturated rings. The Bertz CT molecular complexity index is 619. The number of rotatable bonds is 6. The Kier molecular flexibility index (Phi) is 5.93. The number of fused-ring (bicyclic) bond motifs is 1. The van der Waals surface area contributed by atoms with Crippen molar-refractivity contribution >= 4 is 5.91 Å². The molecule has 0 spiro atoms. The summed E-state index contributed by atoms with van der Waals surface area (Å²) in [5.74, 6) is 1.20. The highest BCUT2D eigenvalue weighted by atomic mass is 16.5. The topological polar surface area (TPSA) is 88.6 Å². The van der Waals surface area contributed by atoms with E-state index in [0.29, 0.717) is 42.0 Å². The first kappa shape index (κ1) is 18.8. The number of carbonyl (C=O) groups is 1. The molecule has 4 unspecified atom stereocenters. The van der Waals surface area contributed by atoms with Gasteiger partial charge in [0.25, 0.3) is 5.91 Å². The number of hydrogen-bond donors (Lipinski definition) is 2. The van der Waals surface area contributed by atoms with Gasteiger partial charge >= 0.3 is 6.01 Å². The zero-order valence-electron chi connectivity index (χ0n) is 16.0. The molecule has 2 saturated heterocycles. The highest BCUT2D eigenvalue weighted by molar-refractivity contribution is 5.92. The van der Waals surface area contributed by atoms with Crippen molar-refractivity contribution in [1.82, 2.24) is 25.7 Å². The Morgan fingerprint density at radius 2 is 2.15 bits per heavy atom. The van der Waals surface area contributed by atoms with E-state index in [-0.39, 0.29) is 11.9 Å². The smallest absolute Gasteiger partial charge is 0.320 e. The van der Waals surface area contributed by atoms with E-state index >= 15 is 0 Å². The molecule has 8 heteroatoms. The van der Waals surface area contributed by atoms with Crippen LogP contribution in [0.4, 0.5) is 0 Å². The zero-order chi connectivity index (χ0) is 18.7. The van der Waals surface area contributed by atoms with Crippen molar-refractivity contribution < 1.29 is 14.3 Å². The Morgan fingerprint density at radius 3 is 2.85 bits per heavy atom. The largest absolute Gasteiger partial charge is 0.481 e. The Labute approximate surface area is 154 Å². The van der Waals surface area contributed by atoms with Gasteiger partial charge < -0.3 is 14.4 Å². The van der Waals surface area contributed by atoms with Crippen molar-refractivity contribution in [3.8, 4) is 11.9 Å². The molecule has 1 aromatic heterocycles. The van der Waals surface area contributed by atoms with Gasteiger partial charge in [-0.1, -0.05) is 20.3 Å². The number of methoxy groups -OCH3 is 2. The van der Waals surface area contributed by atoms with Crippen molar-refractivity contribution in [2.24, 2.45) is 11.8 Å². The van der Waals surface area contributed by atoms with Crippen LogP contribution in [0.5, 0.6) is 11.9 Å². The molecule has 0 saturated carbocycles. The first-order valence-electron chi connectivity index (χ1n) is 9.34. The van der Waals surface area contributed by atoms with E-state index in [0.717, 1.165) is 13.0 Å². The molecule has 3 rings (SSSR count). The molecule has 2 N–H and O–H groups in total. The SMILES string of the molecule is CCCC(C)C1NNC2CCN(C(=O)c3cc(OC)nc(OC)n3)CC21. The highest BCUT2D eigenvalue weighted by Gasteiger charge is 2.43. The molecule has 0 bridgehead atoms. The van der Waals surface area contributed by atoms with Gasteiger partial charge in [-0.3, -0.25) is 15.6 Å². The number of piperidine rings is 1. The number of likely N-dealkylation sites (tertiary alicyclic amines) is 1. The summed E-state index contributed by atoms with van der Waals surface area (Å²) in [4.78, 5) is 23.2. The fourth-order valence-corrected chi connectivity index (χ4v) is 4.09. The molecule has 0 aromatic carbocycles. The fraction of sp³-hybridized carbons (Fsp3) is 0.722. The van der Waals surface area contributed by atoms with Gasteiger partial charge in [0.05, 0.1) is 14.2 Å². The maximum absolute atomic E-state index is 13.0. The van der Waals surface area contributed by atoms with E-state index in [2.05, 4.69) is 34.7 Å². The van der Waals surface area contributed by atoms with Crippen LogP contribution in [0.1, 0.15) is 43.6 Å². The fourth-order valence-electron chi connectivity index (χ4n) is 4.09. The second-order valence-corrected chi connectivity index (χ2v) is 7.17. The van der Waals surface area contributed by atoms with Gasteiger partial charge in [0, 0.05) is 37.2 Å². The number of ether oxygens (including phenoxy) is 2. The number of aromatic nitrogens is 2. The third-order valence-corrected chi connectivity index (χ3v) is 5.49. The Balaban J connectivity index is 1.75. The van der Waals surface area contributed by atoms with Crippen LogP contribution in [0.3, 0.4) is 0 Å². The number of hydrazine groups is 1. The summed E-state index contributed by atoms with van der Waals surface area (Å²) in [6.45, 7) is 5.92. The lowest BCUT2D eigenvalue weighted by molar-refractivity contribution is 0.0631. The third-order valence-electron chi connectivity index (χ3n) is 5.49. The van der Waals surface area contributed by atoms with Gasteiger partial charge in [0.15, 0.2) is 0 Å². The number of amides is 1. The van der Waals surface area contributed by atoms with Gasteiger partial charge in [-0.05, 0) is 18.8 Å². The van der Waals surface area contributed by atoms with Crippen LogP contribution in [0.2, 0.25) is 0 Å². The van der Waals surface area contributed by atoms with Gasteiger partial charge in [0.2, 0.25) is 5.88 Å². The van der Waals surface area contributed by atoms with E-state index in [1.807, 2.05) is 4.90 Å². The summed E-state index contributed by atoms with van der Waals surface area (Å²) in [5.41, 5.74) is 7.20. The quantitative estimate of drug-likeness (QED) is 0.786. The molecule has 0 radical (unpaired) electrons. The molecular weight excluding hydrogens is 334 g/mol. The van der Waals surface area contributed by atoms with Gasteiger partial charge in [0.1, 0.15) is 5.69 Å². The van der Waals surface area contributed by atoms with Crippen LogP contribution in [0.15, 0.2) is 6.07 Å². The number of hydrogen-bond acceptors (Lipinski definition) is 7. The van der Waals surface area contributed by atoms with Crippen LogP contribution in [-0.4, -0.2) is 60.2 Å². The van der Waals surface area contributed by atoms with Crippen LogP contribution in [0.25, 0.3) is 0 Å². The molecule has 3 heterocycles. The summed E-state index contributed by atoms with van der Waals surface area (Å²) in [6, 6.07) is 2.50. The first-order chi connectivity index (χ1) is 12.6. The molecule has 4 atom stereocenters. The van der Waals surface area contributed by atoms with Crippen LogP contribution in [-0.2, 0) is 0 Å². The summed E-state index contributed by atoms with van der Waals surface area (Å²) in [7, 11) is 2.99. The van der Waals surface area contributed by atoms with Crippen molar-refractivity contribution in [3.05, 3.63) is 11.8 Å².